The van der Waals surface area contributed by atoms with Gasteiger partial charge in [-0.1, -0.05) is 0 Å². The molecule has 2 atom stereocenters. The highest BCUT2D eigenvalue weighted by Gasteiger charge is 2.36. The molecule has 1 saturated heterocycles. The van der Waals surface area contributed by atoms with Crippen LogP contribution in [0.4, 0.5) is 0 Å². The van der Waals surface area contributed by atoms with E-state index in [0.29, 0.717) is 18.2 Å². The van der Waals surface area contributed by atoms with E-state index in [1.807, 2.05) is 22.8 Å². The molecule has 28 heavy (non-hydrogen) atoms. The van der Waals surface area contributed by atoms with Crippen molar-refractivity contribution < 1.29 is 9.52 Å². The summed E-state index contributed by atoms with van der Waals surface area (Å²) in [5.74, 6) is 2.18. The Balaban J connectivity index is 1.48. The fourth-order valence-electron chi connectivity index (χ4n) is 4.74. The normalized spacial score (nSPS) is 21.5. The van der Waals surface area contributed by atoms with Crippen LogP contribution in [0.15, 0.2) is 52.2 Å². The summed E-state index contributed by atoms with van der Waals surface area (Å²) in [7, 11) is 0. The van der Waals surface area contributed by atoms with Crippen molar-refractivity contribution in [2.45, 2.75) is 32.0 Å². The Morgan fingerprint density at radius 3 is 2.68 bits per heavy atom. The zero-order valence-corrected chi connectivity index (χ0v) is 15.5. The summed E-state index contributed by atoms with van der Waals surface area (Å²) in [6, 6.07) is 7.32. The van der Waals surface area contributed by atoms with E-state index in [2.05, 4.69) is 14.9 Å². The Kier molecular flexibility index (Phi) is 4.33. The molecule has 0 aromatic carbocycles. The van der Waals surface area contributed by atoms with Crippen LogP contribution in [0.1, 0.15) is 29.6 Å². The average Bonchev–Trinajstić information content (AvgIpc) is 3.17. The van der Waals surface area contributed by atoms with Gasteiger partial charge < -0.3 is 14.1 Å². The van der Waals surface area contributed by atoms with Crippen LogP contribution in [0.2, 0.25) is 0 Å². The van der Waals surface area contributed by atoms with Gasteiger partial charge in [0, 0.05) is 60.8 Å². The molecule has 5 rings (SSSR count). The van der Waals surface area contributed by atoms with Crippen LogP contribution in [0.25, 0.3) is 11.1 Å². The lowest BCUT2D eigenvalue weighted by molar-refractivity contribution is 0.107. The van der Waals surface area contributed by atoms with Crippen molar-refractivity contribution in [3.8, 4) is 11.1 Å². The van der Waals surface area contributed by atoms with Crippen molar-refractivity contribution in [1.29, 1.82) is 0 Å². The van der Waals surface area contributed by atoms with E-state index in [1.165, 1.54) is 6.33 Å². The molecule has 0 aliphatic carbocycles. The Bertz CT molecular complexity index is 1040. The maximum atomic E-state index is 12.6. The zero-order chi connectivity index (χ0) is 19.1. The number of likely N-dealkylation sites (tertiary alicyclic amines) is 1. The van der Waals surface area contributed by atoms with Crippen molar-refractivity contribution in [3.05, 3.63) is 70.6 Å². The second kappa shape index (κ2) is 7.00. The lowest BCUT2D eigenvalue weighted by Crippen LogP contribution is -2.47. The Hall–Kier alpha value is -2.77. The Morgan fingerprint density at radius 2 is 1.89 bits per heavy atom. The third kappa shape index (κ3) is 3.06. The molecule has 0 unspecified atom stereocenters. The molecule has 3 aromatic heterocycles. The Morgan fingerprint density at radius 1 is 1.07 bits per heavy atom. The van der Waals surface area contributed by atoms with Gasteiger partial charge in [-0.3, -0.25) is 9.69 Å². The van der Waals surface area contributed by atoms with Crippen molar-refractivity contribution in [3.63, 3.8) is 0 Å². The highest BCUT2D eigenvalue weighted by atomic mass is 16.4. The van der Waals surface area contributed by atoms with E-state index in [4.69, 9.17) is 4.42 Å². The third-order valence-corrected chi connectivity index (χ3v) is 5.79. The number of rotatable bonds is 4. The number of fused-ring (bicyclic) bond motifs is 4. The minimum Gasteiger partial charge on any atom is -0.462 e. The molecule has 0 spiro atoms. The van der Waals surface area contributed by atoms with Crippen molar-refractivity contribution in [2.24, 2.45) is 5.92 Å². The van der Waals surface area contributed by atoms with Gasteiger partial charge in [-0.25, -0.2) is 9.97 Å². The molecule has 1 N–H and O–H groups in total. The van der Waals surface area contributed by atoms with Gasteiger partial charge in [-0.15, -0.1) is 0 Å². The van der Waals surface area contributed by atoms with Crippen LogP contribution in [0.5, 0.6) is 0 Å². The molecule has 144 valence electrons. The lowest BCUT2D eigenvalue weighted by atomic mass is 9.80. The van der Waals surface area contributed by atoms with Crippen LogP contribution in [0.3, 0.4) is 0 Å². The van der Waals surface area contributed by atoms with Crippen LogP contribution >= 0.6 is 0 Å². The first-order valence-corrected chi connectivity index (χ1v) is 9.61. The molecule has 0 amide bonds. The predicted molar refractivity (Wildman–Crippen MR) is 102 cm³/mol. The van der Waals surface area contributed by atoms with E-state index < -0.39 is 0 Å². The van der Waals surface area contributed by atoms with Crippen LogP contribution < -0.4 is 5.56 Å². The number of pyridine rings is 1. The summed E-state index contributed by atoms with van der Waals surface area (Å²) in [5, 5.41) is 9.21. The van der Waals surface area contributed by atoms with Gasteiger partial charge in [0.05, 0.1) is 6.54 Å². The third-order valence-electron chi connectivity index (χ3n) is 5.79. The highest BCUT2D eigenvalue weighted by molar-refractivity contribution is 5.65. The molecule has 1 fully saturated rings. The molecule has 2 bridgehead atoms. The molecule has 0 saturated carbocycles. The van der Waals surface area contributed by atoms with Gasteiger partial charge in [-0.2, -0.15) is 0 Å². The molecular weight excluding hydrogens is 356 g/mol. The quantitative estimate of drug-likeness (QED) is 0.748. The monoisotopic (exact) mass is 378 g/mol. The minimum atomic E-state index is -0.0793. The van der Waals surface area contributed by atoms with Gasteiger partial charge in [0.2, 0.25) is 0 Å². The molecule has 3 aromatic rings. The maximum Gasteiger partial charge on any atom is 0.250 e. The molecule has 7 heteroatoms. The molecular formula is C21H22N4O3. The lowest BCUT2D eigenvalue weighted by Gasteiger charge is -2.43. The molecule has 7 nitrogen and oxygen atoms in total. The summed E-state index contributed by atoms with van der Waals surface area (Å²) < 4.78 is 7.63. The topological polar surface area (TPSA) is 84.4 Å². The highest BCUT2D eigenvalue weighted by Crippen LogP contribution is 2.39. The average molecular weight is 378 g/mol. The number of nitrogens with zero attached hydrogens (tertiary/aromatic N) is 4. The number of hydrogen-bond donors (Lipinski definition) is 1. The number of aromatic nitrogens is 3. The molecule has 5 heterocycles. The second-order valence-electron chi connectivity index (χ2n) is 7.73. The van der Waals surface area contributed by atoms with Gasteiger partial charge in [0.25, 0.3) is 5.56 Å². The van der Waals surface area contributed by atoms with E-state index in [-0.39, 0.29) is 18.1 Å². The van der Waals surface area contributed by atoms with Gasteiger partial charge in [0.15, 0.2) is 0 Å². The van der Waals surface area contributed by atoms with E-state index >= 15 is 0 Å². The second-order valence-corrected chi connectivity index (χ2v) is 7.73. The number of aliphatic hydroxyl groups is 1. The summed E-state index contributed by atoms with van der Waals surface area (Å²) in [4.78, 5) is 23.3. The summed E-state index contributed by atoms with van der Waals surface area (Å²) in [5.41, 5.74) is 3.16. The minimum absolute atomic E-state index is 0.0670. The predicted octanol–water partition coefficient (Wildman–Crippen LogP) is 2.01. The summed E-state index contributed by atoms with van der Waals surface area (Å²) in [6.07, 6.45) is 6.22. The standard InChI is InChI=1S/C21H22N4O3/c26-12-18-2-1-17(28-18)11-24-8-14-5-15(10-24)21-19(16-6-22-13-23-7-16)3-4-20(27)25(21)9-14/h1-4,6-7,13-15,26H,5,8-12H2/t14-,15-/m1/s1. The van der Waals surface area contributed by atoms with E-state index in [1.54, 1.807) is 18.5 Å². The molecule has 2 aliphatic rings. The number of furan rings is 1. The first kappa shape index (κ1) is 17.3. The van der Waals surface area contributed by atoms with Gasteiger partial charge in [0.1, 0.15) is 24.5 Å². The Labute approximate surface area is 162 Å². The van der Waals surface area contributed by atoms with Crippen molar-refractivity contribution in [2.75, 3.05) is 13.1 Å². The van der Waals surface area contributed by atoms with Crippen LogP contribution in [-0.4, -0.2) is 37.6 Å². The zero-order valence-electron chi connectivity index (χ0n) is 15.5. The largest absolute Gasteiger partial charge is 0.462 e. The summed E-state index contributed by atoms with van der Waals surface area (Å²) in [6.45, 7) is 3.19. The number of piperidine rings is 1. The smallest absolute Gasteiger partial charge is 0.250 e. The first-order valence-electron chi connectivity index (χ1n) is 9.61. The van der Waals surface area contributed by atoms with Crippen LogP contribution in [-0.2, 0) is 19.7 Å². The van der Waals surface area contributed by atoms with Crippen molar-refractivity contribution >= 4 is 0 Å². The first-order chi connectivity index (χ1) is 13.7. The fraction of sp³-hybridized carbons (Fsp3) is 0.381. The van der Waals surface area contributed by atoms with Gasteiger partial charge in [-0.05, 0) is 30.5 Å². The van der Waals surface area contributed by atoms with E-state index in [0.717, 1.165) is 48.6 Å². The van der Waals surface area contributed by atoms with E-state index in [9.17, 15) is 9.90 Å². The molecule has 2 aliphatic heterocycles. The molecule has 0 radical (unpaired) electrons. The SMILES string of the molecule is O=c1ccc(-c2cncnc2)c2n1C[C@@H]1C[C@@H]2CN(Cc2ccc(CO)o2)C1. The van der Waals surface area contributed by atoms with Gasteiger partial charge >= 0.3 is 0 Å². The van der Waals surface area contributed by atoms with Crippen molar-refractivity contribution in [1.82, 2.24) is 19.4 Å². The number of hydrogen-bond acceptors (Lipinski definition) is 6. The maximum absolute atomic E-state index is 12.6. The van der Waals surface area contributed by atoms with Crippen LogP contribution in [0, 0.1) is 5.92 Å². The summed E-state index contributed by atoms with van der Waals surface area (Å²) >= 11 is 0. The number of aliphatic hydroxyl groups excluding tert-OH is 1. The fourth-order valence-corrected chi connectivity index (χ4v) is 4.74.